The third-order valence-corrected chi connectivity index (χ3v) is 8.29. The van der Waals surface area contributed by atoms with Crippen LogP contribution in [0.25, 0.3) is 0 Å². The number of ether oxygens (including phenoxy) is 2. The lowest BCUT2D eigenvalue weighted by molar-refractivity contribution is 0.0397. The molecule has 1 unspecified atom stereocenters. The van der Waals surface area contributed by atoms with Crippen molar-refractivity contribution in [1.29, 1.82) is 5.26 Å². The second-order valence-electron chi connectivity index (χ2n) is 7.37. The first kappa shape index (κ1) is 24.2. The molecule has 0 aliphatic heterocycles. The van der Waals surface area contributed by atoms with Crippen molar-refractivity contribution in [3.05, 3.63) is 95.6 Å². The summed E-state index contributed by atoms with van der Waals surface area (Å²) in [6.07, 6.45) is 1.92. The van der Waals surface area contributed by atoms with Crippen molar-refractivity contribution in [2.75, 3.05) is 19.8 Å². The van der Waals surface area contributed by atoms with Crippen LogP contribution in [0.5, 0.6) is 0 Å². The molecule has 0 aliphatic rings. The molecule has 0 aromatic heterocycles. The Balaban J connectivity index is 1.42. The molecule has 0 N–H and O–H groups in total. The lowest BCUT2D eigenvalue weighted by Gasteiger charge is -2.16. The van der Waals surface area contributed by atoms with Crippen molar-refractivity contribution < 1.29 is 14.0 Å². The normalized spacial score (nSPS) is 12.8. The van der Waals surface area contributed by atoms with Crippen molar-refractivity contribution in [2.45, 2.75) is 25.9 Å². The summed E-state index contributed by atoms with van der Waals surface area (Å²) in [7, 11) is 0. The van der Waals surface area contributed by atoms with E-state index in [2.05, 4.69) is 6.07 Å². The number of hydrogen-bond acceptors (Lipinski definition) is 4. The van der Waals surface area contributed by atoms with Gasteiger partial charge in [-0.05, 0) is 46.8 Å². The molecule has 0 heterocycles. The highest BCUT2D eigenvalue weighted by atomic mass is 35.7. The Hall–Kier alpha value is -2.41. The number of nitrogens with zero attached hydrogens (tertiary/aromatic N) is 1. The largest absolute Gasteiger partial charge is 0.379 e. The number of aryl methyl sites for hydroxylation is 1. The third kappa shape index (κ3) is 6.79. The van der Waals surface area contributed by atoms with Crippen molar-refractivity contribution in [3.8, 4) is 6.07 Å². The topological polar surface area (TPSA) is 59.3 Å². The molecule has 3 aromatic rings. The Morgan fingerprint density at radius 3 is 2.16 bits per heavy atom. The predicted octanol–water partition coefficient (Wildman–Crippen LogP) is 5.39. The first-order valence-corrected chi connectivity index (χ1v) is 13.3. The van der Waals surface area contributed by atoms with Crippen molar-refractivity contribution >= 4 is 28.3 Å². The van der Waals surface area contributed by atoms with Gasteiger partial charge < -0.3 is 9.47 Å². The van der Waals surface area contributed by atoms with E-state index in [1.165, 1.54) is 0 Å². The van der Waals surface area contributed by atoms with Crippen molar-refractivity contribution in [2.24, 2.45) is 0 Å². The summed E-state index contributed by atoms with van der Waals surface area (Å²) in [6, 6.07) is 26.9. The van der Waals surface area contributed by atoms with E-state index in [9.17, 15) is 4.57 Å². The molecule has 32 heavy (non-hydrogen) atoms. The molecular formula is C26H27ClNO3P. The number of rotatable bonds is 12. The van der Waals surface area contributed by atoms with E-state index in [0.717, 1.165) is 29.5 Å². The average Bonchev–Trinajstić information content (AvgIpc) is 2.82. The van der Waals surface area contributed by atoms with Gasteiger partial charge >= 0.3 is 0 Å². The van der Waals surface area contributed by atoms with E-state index in [4.69, 9.17) is 26.0 Å². The van der Waals surface area contributed by atoms with Gasteiger partial charge in [0.2, 0.25) is 6.49 Å². The molecule has 166 valence electrons. The summed E-state index contributed by atoms with van der Waals surface area (Å²) < 4.78 is 24.7. The zero-order chi connectivity index (χ0) is 22.7. The van der Waals surface area contributed by atoms with Gasteiger partial charge in [-0.2, -0.15) is 5.26 Å². The fourth-order valence-electron chi connectivity index (χ4n) is 3.48. The van der Waals surface area contributed by atoms with Crippen LogP contribution in [0.3, 0.4) is 0 Å². The van der Waals surface area contributed by atoms with Gasteiger partial charge in [0.15, 0.2) is 0 Å². The zero-order valence-electron chi connectivity index (χ0n) is 18.0. The molecule has 0 aliphatic carbocycles. The van der Waals surface area contributed by atoms with Crippen molar-refractivity contribution in [1.82, 2.24) is 0 Å². The smallest absolute Gasteiger partial charge is 0.226 e. The van der Waals surface area contributed by atoms with Crippen LogP contribution >= 0.6 is 17.7 Å². The third-order valence-electron chi connectivity index (χ3n) is 5.14. The molecule has 4 nitrogen and oxygen atoms in total. The standard InChI is InChI=1S/C26H27ClNO3P/c27-32(29,25-13-2-1-3-14-25)26-15-7-6-10-23(26)12-8-18-30-19-20-31-21-24-11-5-4-9-22(24)16-17-28/h1-7,9-11,13-15H,8,12,16,18-21H2/i17+1. The van der Waals surface area contributed by atoms with E-state index in [1.54, 1.807) is 0 Å². The highest BCUT2D eigenvalue weighted by Crippen LogP contribution is 2.49. The van der Waals surface area contributed by atoms with Gasteiger partial charge in [0.25, 0.3) is 0 Å². The minimum Gasteiger partial charge on any atom is -0.379 e. The van der Waals surface area contributed by atoms with E-state index in [1.807, 2.05) is 78.9 Å². The SMILES string of the molecule is N#[13C]Cc1ccccc1COCCOCCCc1ccccc1P(=O)(Cl)c1ccccc1. The van der Waals surface area contributed by atoms with Gasteiger partial charge in [0.05, 0.1) is 32.3 Å². The quantitative estimate of drug-likeness (QED) is 0.203. The lowest BCUT2D eigenvalue weighted by Crippen LogP contribution is -2.16. The summed E-state index contributed by atoms with van der Waals surface area (Å²) in [4.78, 5) is 0. The van der Waals surface area contributed by atoms with Gasteiger partial charge in [-0.15, -0.1) is 0 Å². The first-order valence-electron chi connectivity index (χ1n) is 10.7. The van der Waals surface area contributed by atoms with Crippen LogP contribution < -0.4 is 10.6 Å². The maximum Gasteiger partial charge on any atom is 0.226 e. The molecule has 1 atom stereocenters. The van der Waals surface area contributed by atoms with Crippen LogP contribution in [-0.4, -0.2) is 19.8 Å². The molecule has 0 spiro atoms. The molecule has 3 rings (SSSR count). The van der Waals surface area contributed by atoms with Crippen LogP contribution in [0.15, 0.2) is 78.9 Å². The van der Waals surface area contributed by atoms with Crippen LogP contribution in [0, 0.1) is 11.3 Å². The molecule has 0 saturated carbocycles. The van der Waals surface area contributed by atoms with Gasteiger partial charge in [0, 0.05) is 17.2 Å². The fourth-order valence-corrected chi connectivity index (χ4v) is 5.98. The zero-order valence-corrected chi connectivity index (χ0v) is 19.6. The molecule has 0 fully saturated rings. The predicted molar refractivity (Wildman–Crippen MR) is 130 cm³/mol. The number of hydrogen-bond donors (Lipinski definition) is 0. The Labute approximate surface area is 194 Å². The van der Waals surface area contributed by atoms with Crippen LogP contribution in [0.4, 0.5) is 0 Å². The summed E-state index contributed by atoms with van der Waals surface area (Å²) in [6.45, 7) is -1.11. The second kappa shape index (κ2) is 12.6. The summed E-state index contributed by atoms with van der Waals surface area (Å²) >= 11 is 6.56. The summed E-state index contributed by atoms with van der Waals surface area (Å²) in [5, 5.41) is 10.3. The van der Waals surface area contributed by atoms with E-state index in [0.29, 0.717) is 43.5 Å². The van der Waals surface area contributed by atoms with Gasteiger partial charge in [-0.25, -0.2) is 0 Å². The Kier molecular flexibility index (Phi) is 9.53. The number of halogens is 1. The Morgan fingerprint density at radius 2 is 1.41 bits per heavy atom. The highest BCUT2D eigenvalue weighted by Gasteiger charge is 2.26. The first-order chi connectivity index (χ1) is 15.6. The molecule has 0 radical (unpaired) electrons. The fraction of sp³-hybridized carbons (Fsp3) is 0.269. The van der Waals surface area contributed by atoms with Gasteiger partial charge in [-0.1, -0.05) is 72.8 Å². The maximum absolute atomic E-state index is 13.3. The molecular weight excluding hydrogens is 442 g/mol. The van der Waals surface area contributed by atoms with Crippen LogP contribution in [0.2, 0.25) is 0 Å². The lowest BCUT2D eigenvalue weighted by atomic mass is 10.1. The summed E-state index contributed by atoms with van der Waals surface area (Å²) in [5.41, 5.74) is 3.03. The molecule has 6 heteroatoms. The van der Waals surface area contributed by atoms with Crippen molar-refractivity contribution in [3.63, 3.8) is 0 Å². The van der Waals surface area contributed by atoms with E-state index < -0.39 is 6.49 Å². The molecule has 3 aromatic carbocycles. The monoisotopic (exact) mass is 468 g/mol. The minimum atomic E-state index is -3.15. The van der Waals surface area contributed by atoms with Gasteiger partial charge in [-0.3, -0.25) is 4.57 Å². The molecule has 0 amide bonds. The second-order valence-corrected chi connectivity index (χ2v) is 10.9. The number of benzene rings is 3. The molecule has 0 bridgehead atoms. The Bertz CT molecular complexity index is 1080. The van der Waals surface area contributed by atoms with E-state index >= 15 is 0 Å². The maximum atomic E-state index is 13.3. The van der Waals surface area contributed by atoms with Gasteiger partial charge in [0.1, 0.15) is 0 Å². The Morgan fingerprint density at radius 1 is 0.781 bits per heavy atom. The highest BCUT2D eigenvalue weighted by molar-refractivity contribution is 8.00. The van der Waals surface area contributed by atoms with Crippen LogP contribution in [-0.2, 0) is 33.5 Å². The number of nitriles is 1. The summed E-state index contributed by atoms with van der Waals surface area (Å²) in [5.74, 6) is 0. The van der Waals surface area contributed by atoms with E-state index in [-0.39, 0.29) is 0 Å². The molecule has 0 saturated heterocycles. The average molecular weight is 469 g/mol. The van der Waals surface area contributed by atoms with Crippen LogP contribution in [0.1, 0.15) is 23.1 Å². The minimum absolute atomic E-state index is 0.386.